The molecule has 0 spiro atoms. The number of hydrogen-bond acceptors (Lipinski definition) is 3. The molecule has 21 heavy (non-hydrogen) atoms. The average molecular weight is 367 g/mol. The van der Waals surface area contributed by atoms with E-state index in [2.05, 4.69) is 72.1 Å². The van der Waals surface area contributed by atoms with Gasteiger partial charge in [-0.2, -0.15) is 0 Å². The van der Waals surface area contributed by atoms with Gasteiger partial charge in [-0.3, -0.25) is 4.90 Å². The molecule has 0 saturated carbocycles. The van der Waals surface area contributed by atoms with Crippen molar-refractivity contribution in [2.75, 3.05) is 7.05 Å². The lowest BCUT2D eigenvalue weighted by Crippen LogP contribution is -2.38. The second-order valence-electron chi connectivity index (χ2n) is 5.47. The van der Waals surface area contributed by atoms with E-state index in [4.69, 9.17) is 5.73 Å². The molecule has 4 heteroatoms. The van der Waals surface area contributed by atoms with E-state index in [0.29, 0.717) is 0 Å². The van der Waals surface area contributed by atoms with Crippen molar-refractivity contribution in [1.29, 1.82) is 0 Å². The van der Waals surface area contributed by atoms with Crippen molar-refractivity contribution in [3.63, 3.8) is 0 Å². The minimum atomic E-state index is 0.149. The summed E-state index contributed by atoms with van der Waals surface area (Å²) in [7, 11) is 2.16. The molecule has 1 aromatic carbocycles. The van der Waals surface area contributed by atoms with Crippen LogP contribution in [-0.4, -0.2) is 18.0 Å². The van der Waals surface area contributed by atoms with Gasteiger partial charge in [0.2, 0.25) is 0 Å². The third-order valence-corrected chi connectivity index (χ3v) is 5.63. The van der Waals surface area contributed by atoms with Crippen LogP contribution >= 0.6 is 27.3 Å². The third-order valence-electron chi connectivity index (χ3n) is 3.78. The summed E-state index contributed by atoms with van der Waals surface area (Å²) in [5.41, 5.74) is 7.70. The Balaban J connectivity index is 2.22. The topological polar surface area (TPSA) is 29.3 Å². The molecule has 0 aliphatic rings. The first kappa shape index (κ1) is 16.7. The van der Waals surface area contributed by atoms with Crippen LogP contribution in [-0.2, 0) is 6.54 Å². The van der Waals surface area contributed by atoms with Gasteiger partial charge in [0.15, 0.2) is 0 Å². The van der Waals surface area contributed by atoms with E-state index in [1.165, 1.54) is 15.3 Å². The normalized spacial score (nSPS) is 14.4. The summed E-state index contributed by atoms with van der Waals surface area (Å²) < 4.78 is 1.16. The van der Waals surface area contributed by atoms with Gasteiger partial charge in [0.05, 0.1) is 6.04 Å². The van der Waals surface area contributed by atoms with E-state index in [9.17, 15) is 0 Å². The van der Waals surface area contributed by atoms with Crippen LogP contribution < -0.4 is 5.73 Å². The minimum absolute atomic E-state index is 0.149. The maximum Gasteiger partial charge on any atom is 0.0593 e. The molecule has 2 aromatic rings. The number of thiophene rings is 1. The Labute approximate surface area is 140 Å². The number of halogens is 1. The fourth-order valence-corrected chi connectivity index (χ4v) is 4.11. The molecule has 2 rings (SSSR count). The van der Waals surface area contributed by atoms with E-state index < -0.39 is 0 Å². The molecule has 1 heterocycles. The Morgan fingerprint density at radius 3 is 2.52 bits per heavy atom. The molecule has 0 fully saturated rings. The van der Waals surface area contributed by atoms with E-state index in [1.807, 2.05) is 17.4 Å². The maximum absolute atomic E-state index is 6.40. The molecule has 0 saturated heterocycles. The predicted octanol–water partition coefficient (Wildman–Crippen LogP) is 4.73. The van der Waals surface area contributed by atoms with Crippen LogP contribution in [0.1, 0.15) is 34.7 Å². The summed E-state index contributed by atoms with van der Waals surface area (Å²) in [6, 6.07) is 13.2. The van der Waals surface area contributed by atoms with Gasteiger partial charge in [0, 0.05) is 26.8 Å². The molecular weight excluding hydrogens is 344 g/mol. The van der Waals surface area contributed by atoms with Gasteiger partial charge in [-0.1, -0.05) is 41.1 Å². The summed E-state index contributed by atoms with van der Waals surface area (Å²) in [4.78, 5) is 5.06. The monoisotopic (exact) mass is 366 g/mol. The van der Waals surface area contributed by atoms with Crippen molar-refractivity contribution in [3.8, 4) is 0 Å². The molecule has 2 atom stereocenters. The van der Waals surface area contributed by atoms with Crippen LogP contribution in [0.15, 0.2) is 40.9 Å². The number of hydrogen-bond donors (Lipinski definition) is 1. The number of likely N-dealkylation sites (N-methyl/N-ethyl adjacent to an activating group) is 1. The van der Waals surface area contributed by atoms with E-state index in [-0.39, 0.29) is 12.1 Å². The largest absolute Gasteiger partial charge is 0.326 e. The number of nitrogens with two attached hydrogens (primary N) is 1. The molecule has 2 unspecified atom stereocenters. The molecule has 1 aromatic heterocycles. The molecule has 0 aliphatic heterocycles. The van der Waals surface area contributed by atoms with Crippen LogP contribution in [0.3, 0.4) is 0 Å². The predicted molar refractivity (Wildman–Crippen MR) is 95.7 cm³/mol. The summed E-state index contributed by atoms with van der Waals surface area (Å²) in [6.45, 7) is 5.19. The number of aryl methyl sites for hydroxylation is 1. The molecule has 0 amide bonds. The summed E-state index contributed by atoms with van der Waals surface area (Å²) in [6.07, 6.45) is 0.974. The van der Waals surface area contributed by atoms with Gasteiger partial charge in [-0.25, -0.2) is 0 Å². The quantitative estimate of drug-likeness (QED) is 0.800. The SMILES string of the molecule is CCC(N)C(c1ccc(C)s1)N(C)Cc1ccccc1Br. The molecule has 114 valence electrons. The first-order valence-electron chi connectivity index (χ1n) is 7.28. The van der Waals surface area contributed by atoms with E-state index in [0.717, 1.165) is 17.4 Å². The van der Waals surface area contributed by atoms with E-state index >= 15 is 0 Å². The van der Waals surface area contributed by atoms with E-state index in [1.54, 1.807) is 0 Å². The van der Waals surface area contributed by atoms with Gasteiger partial charge in [0.25, 0.3) is 0 Å². The Kier molecular flexibility index (Phi) is 5.99. The van der Waals surface area contributed by atoms with Gasteiger partial charge in [0.1, 0.15) is 0 Å². The van der Waals surface area contributed by atoms with Crippen molar-refractivity contribution in [2.45, 2.75) is 38.9 Å². The van der Waals surface area contributed by atoms with Crippen LogP contribution in [0.2, 0.25) is 0 Å². The second kappa shape index (κ2) is 7.54. The zero-order chi connectivity index (χ0) is 15.4. The Morgan fingerprint density at radius 1 is 1.24 bits per heavy atom. The highest BCUT2D eigenvalue weighted by atomic mass is 79.9. The standard InChI is InChI=1S/C17H23BrN2S/c1-4-15(19)17(16-10-9-12(2)21-16)20(3)11-13-7-5-6-8-14(13)18/h5-10,15,17H,4,11,19H2,1-3H3. The highest BCUT2D eigenvalue weighted by Gasteiger charge is 2.24. The van der Waals surface area contributed by atoms with Crippen molar-refractivity contribution in [1.82, 2.24) is 4.90 Å². The number of benzene rings is 1. The Bertz CT molecular complexity index is 582. The molecule has 0 bridgehead atoms. The van der Waals surface area contributed by atoms with Crippen molar-refractivity contribution < 1.29 is 0 Å². The Morgan fingerprint density at radius 2 is 1.95 bits per heavy atom. The fraction of sp³-hybridized carbons (Fsp3) is 0.412. The minimum Gasteiger partial charge on any atom is -0.326 e. The van der Waals surface area contributed by atoms with Crippen molar-refractivity contribution in [2.24, 2.45) is 5.73 Å². The van der Waals surface area contributed by atoms with Crippen LogP contribution in [0, 0.1) is 6.92 Å². The van der Waals surface area contributed by atoms with Crippen LogP contribution in [0.4, 0.5) is 0 Å². The zero-order valence-electron chi connectivity index (χ0n) is 12.8. The molecule has 2 nitrogen and oxygen atoms in total. The van der Waals surface area contributed by atoms with Gasteiger partial charge < -0.3 is 5.73 Å². The highest BCUT2D eigenvalue weighted by molar-refractivity contribution is 9.10. The van der Waals surface area contributed by atoms with Crippen molar-refractivity contribution >= 4 is 27.3 Å². The lowest BCUT2D eigenvalue weighted by molar-refractivity contribution is 0.204. The first-order valence-corrected chi connectivity index (χ1v) is 8.89. The lowest BCUT2D eigenvalue weighted by Gasteiger charge is -2.32. The van der Waals surface area contributed by atoms with Crippen molar-refractivity contribution in [3.05, 3.63) is 56.2 Å². The zero-order valence-corrected chi connectivity index (χ0v) is 15.2. The van der Waals surface area contributed by atoms with Gasteiger partial charge in [-0.15, -0.1) is 11.3 Å². The lowest BCUT2D eigenvalue weighted by atomic mass is 10.0. The summed E-state index contributed by atoms with van der Waals surface area (Å²) in [5.74, 6) is 0. The molecule has 2 N–H and O–H groups in total. The molecular formula is C17H23BrN2S. The fourth-order valence-electron chi connectivity index (χ4n) is 2.58. The second-order valence-corrected chi connectivity index (χ2v) is 7.65. The maximum atomic E-state index is 6.40. The van der Waals surface area contributed by atoms with Crippen LogP contribution in [0.5, 0.6) is 0 Å². The Hall–Kier alpha value is -0.680. The smallest absolute Gasteiger partial charge is 0.0593 e. The first-order chi connectivity index (χ1) is 10.0. The third kappa shape index (κ3) is 4.16. The number of nitrogens with zero attached hydrogens (tertiary/aromatic N) is 1. The van der Waals surface area contributed by atoms with Gasteiger partial charge >= 0.3 is 0 Å². The van der Waals surface area contributed by atoms with Gasteiger partial charge in [-0.05, 0) is 44.2 Å². The molecule has 0 aliphatic carbocycles. The summed E-state index contributed by atoms with van der Waals surface area (Å²) in [5, 5.41) is 0. The highest BCUT2D eigenvalue weighted by Crippen LogP contribution is 2.31. The average Bonchev–Trinajstić information content (AvgIpc) is 2.87. The summed E-state index contributed by atoms with van der Waals surface area (Å²) >= 11 is 5.48. The number of rotatable bonds is 6. The molecule has 0 radical (unpaired) electrons. The van der Waals surface area contributed by atoms with Crippen LogP contribution in [0.25, 0.3) is 0 Å².